The van der Waals surface area contributed by atoms with Crippen LogP contribution in [-0.2, 0) is 0 Å². The molecule has 0 aliphatic rings. The van der Waals surface area contributed by atoms with E-state index < -0.39 is 22.5 Å². The van der Waals surface area contributed by atoms with E-state index >= 15 is 0 Å². The molecule has 2 aromatic carbocycles. The maximum Gasteiger partial charge on any atom is 0.311 e. The number of nitro benzene ring substituents is 1. The Morgan fingerprint density at radius 1 is 1.18 bits per heavy atom. The number of amides is 1. The number of anilines is 1. The number of halogens is 2. The zero-order valence-corrected chi connectivity index (χ0v) is 11.3. The lowest BCUT2D eigenvalue weighted by Crippen LogP contribution is -2.12. The molecule has 22 heavy (non-hydrogen) atoms. The first-order valence-corrected chi connectivity index (χ1v) is 6.00. The SMILES string of the molecule is COc1ccc(C(=O)Nc2cc(F)cc(F)c2)cc1[N+](=O)[O-]. The number of benzene rings is 2. The molecular formula is C14H10F2N2O4. The van der Waals surface area contributed by atoms with E-state index in [1.54, 1.807) is 0 Å². The second-order valence-corrected chi connectivity index (χ2v) is 4.26. The number of carbonyl (C=O) groups is 1. The predicted octanol–water partition coefficient (Wildman–Crippen LogP) is 3.13. The normalized spacial score (nSPS) is 10.1. The van der Waals surface area contributed by atoms with Gasteiger partial charge in [-0.2, -0.15) is 0 Å². The Bertz CT molecular complexity index is 729. The Morgan fingerprint density at radius 3 is 2.36 bits per heavy atom. The van der Waals surface area contributed by atoms with Gasteiger partial charge in [-0.05, 0) is 24.3 Å². The highest BCUT2D eigenvalue weighted by Crippen LogP contribution is 2.27. The van der Waals surface area contributed by atoms with Crippen LogP contribution in [0.2, 0.25) is 0 Å². The van der Waals surface area contributed by atoms with E-state index in [1.165, 1.54) is 19.2 Å². The molecule has 2 aromatic rings. The van der Waals surface area contributed by atoms with Crippen molar-refractivity contribution in [1.29, 1.82) is 0 Å². The van der Waals surface area contributed by atoms with Crippen LogP contribution in [0.25, 0.3) is 0 Å². The smallest absolute Gasteiger partial charge is 0.311 e. The molecule has 114 valence electrons. The minimum absolute atomic E-state index is 0.00153. The van der Waals surface area contributed by atoms with E-state index in [4.69, 9.17) is 4.74 Å². The molecule has 0 saturated carbocycles. The van der Waals surface area contributed by atoms with Crippen LogP contribution in [0.15, 0.2) is 36.4 Å². The third kappa shape index (κ3) is 3.35. The van der Waals surface area contributed by atoms with Crippen LogP contribution >= 0.6 is 0 Å². The van der Waals surface area contributed by atoms with Gasteiger partial charge in [0.15, 0.2) is 5.75 Å². The van der Waals surface area contributed by atoms with Gasteiger partial charge in [-0.3, -0.25) is 14.9 Å². The topological polar surface area (TPSA) is 81.5 Å². The van der Waals surface area contributed by atoms with Gasteiger partial charge < -0.3 is 10.1 Å². The molecule has 0 saturated heterocycles. The summed E-state index contributed by atoms with van der Waals surface area (Å²) in [6.45, 7) is 0. The molecule has 0 atom stereocenters. The zero-order valence-electron chi connectivity index (χ0n) is 11.3. The molecule has 0 fully saturated rings. The van der Waals surface area contributed by atoms with Crippen LogP contribution in [0.1, 0.15) is 10.4 Å². The van der Waals surface area contributed by atoms with Crippen LogP contribution in [-0.4, -0.2) is 17.9 Å². The molecule has 0 aliphatic heterocycles. The molecule has 0 radical (unpaired) electrons. The molecule has 6 nitrogen and oxygen atoms in total. The number of methoxy groups -OCH3 is 1. The fraction of sp³-hybridized carbons (Fsp3) is 0.0714. The molecule has 1 N–H and O–H groups in total. The van der Waals surface area contributed by atoms with E-state index in [1.807, 2.05) is 0 Å². The maximum absolute atomic E-state index is 13.1. The number of hydrogen-bond donors (Lipinski definition) is 1. The molecule has 8 heteroatoms. The number of hydrogen-bond acceptors (Lipinski definition) is 4. The van der Waals surface area contributed by atoms with Gasteiger partial charge in [-0.25, -0.2) is 8.78 Å². The number of rotatable bonds is 4. The van der Waals surface area contributed by atoms with Crippen molar-refractivity contribution in [3.05, 3.63) is 63.7 Å². The Labute approximate surface area is 123 Å². The van der Waals surface area contributed by atoms with Gasteiger partial charge >= 0.3 is 5.69 Å². The second kappa shape index (κ2) is 6.17. The van der Waals surface area contributed by atoms with Crippen LogP contribution in [0.5, 0.6) is 5.75 Å². The second-order valence-electron chi connectivity index (χ2n) is 4.26. The Kier molecular flexibility index (Phi) is 4.31. The minimum atomic E-state index is -0.851. The number of nitro groups is 1. The van der Waals surface area contributed by atoms with E-state index in [0.717, 1.165) is 18.2 Å². The highest BCUT2D eigenvalue weighted by Gasteiger charge is 2.18. The number of ether oxygens (including phenoxy) is 1. The summed E-state index contributed by atoms with van der Waals surface area (Å²) in [5.41, 5.74) is -0.529. The maximum atomic E-state index is 13.1. The molecule has 0 aliphatic carbocycles. The summed E-state index contributed by atoms with van der Waals surface area (Å²) in [6, 6.07) is 6.10. The lowest BCUT2D eigenvalue weighted by molar-refractivity contribution is -0.385. The summed E-state index contributed by atoms with van der Waals surface area (Å²) in [5, 5.41) is 13.2. The summed E-state index contributed by atoms with van der Waals surface area (Å²) < 4.78 is 30.9. The van der Waals surface area contributed by atoms with Crippen LogP contribution in [0.4, 0.5) is 20.2 Å². The molecule has 0 spiro atoms. The van der Waals surface area contributed by atoms with Crippen molar-refractivity contribution >= 4 is 17.3 Å². The van der Waals surface area contributed by atoms with Gasteiger partial charge in [0, 0.05) is 23.4 Å². The minimum Gasteiger partial charge on any atom is -0.490 e. The Hall–Kier alpha value is -3.03. The van der Waals surface area contributed by atoms with Gasteiger partial charge in [0.05, 0.1) is 12.0 Å². The lowest BCUT2D eigenvalue weighted by Gasteiger charge is -2.07. The van der Waals surface area contributed by atoms with Gasteiger partial charge in [-0.1, -0.05) is 0 Å². The van der Waals surface area contributed by atoms with Crippen molar-refractivity contribution in [3.63, 3.8) is 0 Å². The molecule has 0 unspecified atom stereocenters. The fourth-order valence-corrected chi connectivity index (χ4v) is 1.80. The molecule has 2 rings (SSSR count). The van der Waals surface area contributed by atoms with Crippen LogP contribution in [0.3, 0.4) is 0 Å². The first kappa shape index (κ1) is 15.4. The summed E-state index contributed by atoms with van der Waals surface area (Å²) in [5.74, 6) is -2.44. The van der Waals surface area contributed by atoms with Crippen molar-refractivity contribution in [3.8, 4) is 5.75 Å². The average Bonchev–Trinajstić information content (AvgIpc) is 2.45. The number of carbonyl (C=O) groups excluding carboxylic acids is 1. The van der Waals surface area contributed by atoms with Gasteiger partial charge in [0.25, 0.3) is 5.91 Å². The van der Waals surface area contributed by atoms with E-state index in [-0.39, 0.29) is 22.7 Å². The fourth-order valence-electron chi connectivity index (χ4n) is 1.80. The third-order valence-electron chi connectivity index (χ3n) is 2.76. The highest BCUT2D eigenvalue weighted by atomic mass is 19.1. The number of nitrogens with zero attached hydrogens (tertiary/aromatic N) is 1. The van der Waals surface area contributed by atoms with Crippen LogP contribution in [0, 0.1) is 21.7 Å². The summed E-state index contributed by atoms with van der Waals surface area (Å²) in [4.78, 5) is 22.2. The zero-order chi connectivity index (χ0) is 16.3. The largest absolute Gasteiger partial charge is 0.490 e. The quantitative estimate of drug-likeness (QED) is 0.695. The van der Waals surface area contributed by atoms with E-state index in [9.17, 15) is 23.7 Å². The number of nitrogens with one attached hydrogen (secondary N) is 1. The van der Waals surface area contributed by atoms with Crippen molar-refractivity contribution in [2.75, 3.05) is 12.4 Å². The highest BCUT2D eigenvalue weighted by molar-refractivity contribution is 6.04. The first-order valence-electron chi connectivity index (χ1n) is 6.00. The molecule has 0 aromatic heterocycles. The molecule has 0 heterocycles. The van der Waals surface area contributed by atoms with Crippen molar-refractivity contribution in [2.45, 2.75) is 0 Å². The first-order chi connectivity index (χ1) is 10.4. The van der Waals surface area contributed by atoms with Crippen LogP contribution < -0.4 is 10.1 Å². The van der Waals surface area contributed by atoms with Gasteiger partial charge in [0.1, 0.15) is 11.6 Å². The summed E-state index contributed by atoms with van der Waals surface area (Å²) in [7, 11) is 1.26. The third-order valence-corrected chi connectivity index (χ3v) is 2.76. The van der Waals surface area contributed by atoms with E-state index in [0.29, 0.717) is 6.07 Å². The average molecular weight is 308 g/mol. The lowest BCUT2D eigenvalue weighted by atomic mass is 10.1. The monoisotopic (exact) mass is 308 g/mol. The Morgan fingerprint density at radius 2 is 1.82 bits per heavy atom. The molecule has 0 bridgehead atoms. The summed E-state index contributed by atoms with van der Waals surface area (Å²) >= 11 is 0. The molecule has 1 amide bonds. The van der Waals surface area contributed by atoms with Gasteiger partial charge in [-0.15, -0.1) is 0 Å². The standard InChI is InChI=1S/C14H10F2N2O4/c1-22-13-3-2-8(4-12(13)18(20)21)14(19)17-11-6-9(15)5-10(16)7-11/h2-7H,1H3,(H,17,19). The van der Waals surface area contributed by atoms with Crippen molar-refractivity contribution in [1.82, 2.24) is 0 Å². The molecular weight excluding hydrogens is 298 g/mol. The van der Waals surface area contributed by atoms with E-state index in [2.05, 4.69) is 5.32 Å². The van der Waals surface area contributed by atoms with Crippen molar-refractivity contribution in [2.24, 2.45) is 0 Å². The Balaban J connectivity index is 2.29. The van der Waals surface area contributed by atoms with Crippen molar-refractivity contribution < 1.29 is 23.2 Å². The van der Waals surface area contributed by atoms with Gasteiger partial charge in [0.2, 0.25) is 0 Å². The summed E-state index contributed by atoms with van der Waals surface area (Å²) in [6.07, 6.45) is 0. The predicted molar refractivity (Wildman–Crippen MR) is 74.0 cm³/mol.